The van der Waals surface area contributed by atoms with E-state index in [1.54, 1.807) is 27.9 Å². The van der Waals surface area contributed by atoms with Crippen molar-refractivity contribution in [3.8, 4) is 11.3 Å². The maximum absolute atomic E-state index is 14.3. The Labute approximate surface area is 370 Å². The molecule has 2 amide bonds. The Morgan fingerprint density at radius 1 is 1.08 bits per heavy atom. The number of nitrogens with one attached hydrogen (secondary N) is 3. The van der Waals surface area contributed by atoms with Crippen molar-refractivity contribution in [3.63, 3.8) is 0 Å². The molecule has 2 bridgehead atoms. The molecule has 3 aromatic rings. The van der Waals surface area contributed by atoms with Crippen LogP contribution in [0.5, 0.6) is 0 Å². The standard InChI is InChI=1S/C46H68N8O7S/c1-11-53-37-13-12-28(20-32(37)34(23-46(6,7)26-55)41(53)33-21-31(24-47-39(33)27(2)59-9)52-16-14-51(8)15-17-52)36-25-62-38(48-36)22-35(49-44(58)61-45(3,4)5)42(56)54-30-18-29(19-30)40(50-54)43(57)60-10/h12-13,20-21,25,27,29-30,33,35,39-40,47,50,55H,11,14-19,22-24,26H2,1-10H3,(H,49,58)/t27-,29?,30?,33?,35-,39+,40?/m0/s1. The largest absolute Gasteiger partial charge is 0.468 e. The van der Waals surface area contributed by atoms with Crippen LogP contribution in [0.25, 0.3) is 22.2 Å². The summed E-state index contributed by atoms with van der Waals surface area (Å²) in [5.74, 6) is -0.674. The average molecular weight is 877 g/mol. The molecular formula is C46H68N8O7S. The van der Waals surface area contributed by atoms with Crippen molar-refractivity contribution >= 4 is 40.2 Å². The van der Waals surface area contributed by atoms with Crippen molar-refractivity contribution in [1.29, 1.82) is 0 Å². The van der Waals surface area contributed by atoms with Crippen LogP contribution in [-0.2, 0) is 43.2 Å². The van der Waals surface area contributed by atoms with Gasteiger partial charge in [-0.2, -0.15) is 0 Å². The number of likely N-dealkylation sites (N-methyl/N-ethyl adjacent to an activating group) is 1. The Bertz CT molecular complexity index is 2130. The number of aryl methyl sites for hydroxylation is 1. The Morgan fingerprint density at radius 2 is 1.81 bits per heavy atom. The fourth-order valence-electron chi connectivity index (χ4n) is 9.55. The van der Waals surface area contributed by atoms with Gasteiger partial charge in [-0.3, -0.25) is 14.6 Å². The number of piperazine rings is 1. The van der Waals surface area contributed by atoms with Crippen LogP contribution in [-0.4, -0.2) is 144 Å². The fourth-order valence-corrected chi connectivity index (χ4v) is 10.4. The summed E-state index contributed by atoms with van der Waals surface area (Å²) in [6.07, 6.45) is 3.87. The number of esters is 1. The molecule has 0 spiro atoms. The van der Waals surface area contributed by atoms with Gasteiger partial charge in [-0.05, 0) is 90.0 Å². The lowest BCUT2D eigenvalue weighted by Crippen LogP contribution is -2.71. The molecule has 6 heterocycles. The van der Waals surface area contributed by atoms with Gasteiger partial charge in [0.25, 0.3) is 5.91 Å². The second kappa shape index (κ2) is 18.6. The second-order valence-electron chi connectivity index (χ2n) is 19.4. The topological polar surface area (TPSA) is 163 Å². The third-order valence-electron chi connectivity index (χ3n) is 13.2. The highest BCUT2D eigenvalue weighted by Gasteiger charge is 2.51. The first kappa shape index (κ1) is 45.9. The monoisotopic (exact) mass is 876 g/mol. The van der Waals surface area contributed by atoms with Gasteiger partial charge in [0.15, 0.2) is 0 Å². The Hall–Kier alpha value is -4.06. The maximum atomic E-state index is 14.3. The van der Waals surface area contributed by atoms with Crippen molar-refractivity contribution in [2.45, 2.75) is 122 Å². The average Bonchev–Trinajstić information content (AvgIpc) is 3.82. The van der Waals surface area contributed by atoms with E-state index in [0.717, 1.165) is 61.4 Å². The summed E-state index contributed by atoms with van der Waals surface area (Å²) in [5, 5.41) is 22.7. The lowest BCUT2D eigenvalue weighted by Gasteiger charge is -2.52. The number of hydrogen-bond acceptors (Lipinski definition) is 13. The number of thiazole rings is 1. The molecule has 2 aromatic heterocycles. The molecule has 1 saturated carbocycles. The molecule has 8 rings (SSSR count). The van der Waals surface area contributed by atoms with Gasteiger partial charge in [-0.25, -0.2) is 15.2 Å². The Kier molecular flexibility index (Phi) is 13.8. The summed E-state index contributed by atoms with van der Waals surface area (Å²) >= 11 is 1.43. The SMILES string of the molecule is CCn1c(C2C=C(N3CCN(C)CC3)CN[C@@H]2[C@H](C)OC)c(CC(C)(C)CO)c2cc(-c3csc(C[C@H](NC(=O)OC(C)(C)C)C(=O)N4NC(C(=O)OC)C5CC4C5)n3)ccc21. The summed E-state index contributed by atoms with van der Waals surface area (Å²) in [6, 6.07) is 4.82. The zero-order chi connectivity index (χ0) is 44.7. The summed E-state index contributed by atoms with van der Waals surface area (Å²) < 4.78 is 19.1. The van der Waals surface area contributed by atoms with E-state index in [9.17, 15) is 19.5 Å². The van der Waals surface area contributed by atoms with Crippen molar-refractivity contribution < 1.29 is 33.7 Å². The number of fused-ring (bicyclic) bond motifs is 3. The fraction of sp³-hybridized carbons (Fsp3) is 0.652. The van der Waals surface area contributed by atoms with Gasteiger partial charge in [-0.15, -0.1) is 11.3 Å². The third-order valence-corrected chi connectivity index (χ3v) is 14.0. The van der Waals surface area contributed by atoms with E-state index in [1.807, 2.05) is 5.38 Å². The van der Waals surface area contributed by atoms with Crippen molar-refractivity contribution in [2.75, 3.05) is 60.6 Å². The van der Waals surface area contributed by atoms with Gasteiger partial charge in [0.2, 0.25) is 0 Å². The highest BCUT2D eigenvalue weighted by Crippen LogP contribution is 2.42. The number of rotatable bonds is 14. The third kappa shape index (κ3) is 9.70. The zero-order valence-corrected chi connectivity index (χ0v) is 39.1. The normalized spacial score (nSPS) is 24.3. The zero-order valence-electron chi connectivity index (χ0n) is 38.2. The molecule has 1 aromatic carbocycles. The number of aromatic nitrogens is 2. The van der Waals surface area contributed by atoms with E-state index in [1.165, 1.54) is 40.4 Å². The predicted octanol–water partition coefficient (Wildman–Crippen LogP) is 4.67. The van der Waals surface area contributed by atoms with Gasteiger partial charge in [0.05, 0.1) is 23.9 Å². The minimum Gasteiger partial charge on any atom is -0.468 e. The van der Waals surface area contributed by atoms with Crippen LogP contribution < -0.4 is 16.1 Å². The van der Waals surface area contributed by atoms with Crippen molar-refractivity contribution in [3.05, 3.63) is 51.6 Å². The first-order valence-electron chi connectivity index (χ1n) is 22.2. The summed E-state index contributed by atoms with van der Waals surface area (Å²) in [7, 11) is 5.30. The van der Waals surface area contributed by atoms with E-state index in [4.69, 9.17) is 19.2 Å². The first-order chi connectivity index (χ1) is 29.4. The lowest BCUT2D eigenvalue weighted by atomic mass is 9.73. The Morgan fingerprint density at radius 3 is 2.45 bits per heavy atom. The number of carbonyl (C=O) groups is 3. The second-order valence-corrected chi connectivity index (χ2v) is 20.4. The molecule has 2 unspecified atom stereocenters. The summed E-state index contributed by atoms with van der Waals surface area (Å²) in [4.78, 5) is 50.0. The number of carbonyl (C=O) groups excluding carboxylic acids is 3. The number of aliphatic hydroxyl groups excluding tert-OH is 1. The molecule has 340 valence electrons. The number of alkyl carbamates (subject to hydrolysis) is 1. The van der Waals surface area contributed by atoms with Gasteiger partial charge >= 0.3 is 12.1 Å². The number of nitrogens with zero attached hydrogens (tertiary/aromatic N) is 5. The number of ether oxygens (including phenoxy) is 3. The highest BCUT2D eigenvalue weighted by molar-refractivity contribution is 7.10. The lowest BCUT2D eigenvalue weighted by molar-refractivity contribution is -0.167. The molecular weight excluding hydrogens is 809 g/mol. The van der Waals surface area contributed by atoms with E-state index in [2.05, 4.69) is 89.4 Å². The van der Waals surface area contributed by atoms with Crippen LogP contribution >= 0.6 is 11.3 Å². The highest BCUT2D eigenvalue weighted by atomic mass is 32.1. The number of benzene rings is 1. The van der Waals surface area contributed by atoms with E-state index < -0.39 is 29.7 Å². The van der Waals surface area contributed by atoms with Gasteiger partial charge in [-0.1, -0.05) is 26.0 Å². The molecule has 1 aliphatic carbocycles. The number of aliphatic hydroxyl groups is 1. The van der Waals surface area contributed by atoms with Crippen LogP contribution in [0.2, 0.25) is 0 Å². The minimum absolute atomic E-state index is 0.00887. The maximum Gasteiger partial charge on any atom is 0.408 e. The van der Waals surface area contributed by atoms with Crippen LogP contribution in [0, 0.1) is 11.3 Å². The minimum atomic E-state index is -1.00. The molecule has 0 radical (unpaired) electrons. The molecule has 15 nitrogen and oxygen atoms in total. The first-order valence-corrected chi connectivity index (χ1v) is 23.1. The molecule has 5 aliphatic rings. The van der Waals surface area contributed by atoms with Crippen molar-refractivity contribution in [2.24, 2.45) is 11.3 Å². The van der Waals surface area contributed by atoms with Gasteiger partial charge in [0.1, 0.15) is 17.7 Å². The summed E-state index contributed by atoms with van der Waals surface area (Å²) in [6.45, 7) is 19.5. The number of methoxy groups -OCH3 is 2. The molecule has 4 fully saturated rings. The van der Waals surface area contributed by atoms with Crippen LogP contribution in [0.4, 0.5) is 4.79 Å². The number of hydrazine groups is 1. The number of amides is 2. The van der Waals surface area contributed by atoms with Crippen LogP contribution in [0.15, 0.2) is 35.4 Å². The molecule has 5 atom stereocenters. The van der Waals surface area contributed by atoms with E-state index >= 15 is 0 Å². The Balaban J connectivity index is 1.24. The molecule has 4 N–H and O–H groups in total. The molecule has 4 aliphatic heterocycles. The van der Waals surface area contributed by atoms with Gasteiger partial charge < -0.3 is 44.3 Å². The van der Waals surface area contributed by atoms with E-state index in [-0.39, 0.29) is 54.4 Å². The molecule has 16 heteroatoms. The smallest absolute Gasteiger partial charge is 0.408 e. The van der Waals surface area contributed by atoms with Crippen LogP contribution in [0.1, 0.15) is 83.5 Å². The molecule has 3 saturated heterocycles. The molecule has 62 heavy (non-hydrogen) atoms. The van der Waals surface area contributed by atoms with Crippen molar-refractivity contribution in [1.82, 2.24) is 40.4 Å². The van der Waals surface area contributed by atoms with Crippen LogP contribution in [0.3, 0.4) is 0 Å². The number of hydrogen-bond donors (Lipinski definition) is 4. The quantitative estimate of drug-likeness (QED) is 0.166. The van der Waals surface area contributed by atoms with Gasteiger partial charge in [0, 0.05) is 111 Å². The summed E-state index contributed by atoms with van der Waals surface area (Å²) in [5.41, 5.74) is 8.52. The predicted molar refractivity (Wildman–Crippen MR) is 241 cm³/mol. The van der Waals surface area contributed by atoms with E-state index in [0.29, 0.717) is 24.3 Å².